The molecule has 5 aromatic rings. The van der Waals surface area contributed by atoms with Gasteiger partial charge in [-0.3, -0.25) is 14.5 Å². The fourth-order valence-corrected chi connectivity index (χ4v) is 8.27. The highest BCUT2D eigenvalue weighted by Gasteiger charge is 2.57. The van der Waals surface area contributed by atoms with Gasteiger partial charge in [-0.1, -0.05) is 78.9 Å². The van der Waals surface area contributed by atoms with Crippen molar-refractivity contribution in [3.63, 3.8) is 0 Å². The van der Waals surface area contributed by atoms with Gasteiger partial charge in [-0.25, -0.2) is 4.39 Å². The SMILES string of the molecule is O=C1[C@@H]2[C@@H](CC(COc3ccccc3)=C3[C@@H](CC/C(=C/c4ccc(O)c(F)c4)c4ccccc4)OB(O)C[C@@H]32)C(=O)N1c1ccc(Nc2ccccc2)cc1. The van der Waals surface area contributed by atoms with Crippen molar-refractivity contribution in [3.8, 4) is 11.5 Å². The number of benzene rings is 5. The molecule has 0 radical (unpaired) electrons. The monoisotopic (exact) mass is 734 g/mol. The van der Waals surface area contributed by atoms with E-state index in [4.69, 9.17) is 9.39 Å². The number of aromatic hydroxyl groups is 1. The van der Waals surface area contributed by atoms with Crippen LogP contribution >= 0.6 is 0 Å². The Bertz CT molecular complexity index is 2230. The summed E-state index contributed by atoms with van der Waals surface area (Å²) in [5, 5.41) is 24.3. The number of imide groups is 1. The molecule has 8 nitrogen and oxygen atoms in total. The summed E-state index contributed by atoms with van der Waals surface area (Å²) in [4.78, 5) is 30.0. The maximum atomic E-state index is 14.4. The zero-order valence-electron chi connectivity index (χ0n) is 30.1. The van der Waals surface area contributed by atoms with E-state index in [-0.39, 0.29) is 24.7 Å². The van der Waals surface area contributed by atoms with Gasteiger partial charge in [-0.05, 0) is 120 Å². The molecule has 276 valence electrons. The van der Waals surface area contributed by atoms with E-state index in [1.165, 1.54) is 17.0 Å². The van der Waals surface area contributed by atoms with Crippen molar-refractivity contribution in [1.29, 1.82) is 0 Å². The summed E-state index contributed by atoms with van der Waals surface area (Å²) in [7, 11) is -1.15. The highest BCUT2D eigenvalue weighted by atomic mass is 19.1. The lowest BCUT2D eigenvalue weighted by molar-refractivity contribution is -0.122. The minimum Gasteiger partial charge on any atom is -0.505 e. The smallest absolute Gasteiger partial charge is 0.455 e. The van der Waals surface area contributed by atoms with E-state index in [2.05, 4.69) is 5.32 Å². The summed E-state index contributed by atoms with van der Waals surface area (Å²) >= 11 is 0. The fraction of sp³-hybridized carbons (Fsp3) is 0.200. The molecule has 2 saturated heterocycles. The van der Waals surface area contributed by atoms with E-state index in [1.807, 2.05) is 109 Å². The number of hydrogen-bond donors (Lipinski definition) is 3. The minimum absolute atomic E-state index is 0.169. The molecule has 2 fully saturated rings. The first-order chi connectivity index (χ1) is 26.8. The van der Waals surface area contributed by atoms with Gasteiger partial charge in [-0.2, -0.15) is 0 Å². The lowest BCUT2D eigenvalue weighted by Crippen LogP contribution is -2.46. The number of ether oxygens (including phenoxy) is 1. The quantitative estimate of drug-likeness (QED) is 0.0540. The van der Waals surface area contributed by atoms with Gasteiger partial charge < -0.3 is 24.8 Å². The van der Waals surface area contributed by atoms with Gasteiger partial charge in [-0.15, -0.1) is 0 Å². The normalized spacial score (nSPS) is 21.0. The molecule has 0 bridgehead atoms. The summed E-state index contributed by atoms with van der Waals surface area (Å²) in [6, 6.07) is 40.5. The molecule has 0 saturated carbocycles. The Labute approximate surface area is 319 Å². The Morgan fingerprint density at radius 1 is 0.855 bits per heavy atom. The Morgan fingerprint density at radius 3 is 2.24 bits per heavy atom. The number of hydrogen-bond acceptors (Lipinski definition) is 7. The van der Waals surface area contributed by atoms with Crippen LogP contribution in [0, 0.1) is 23.6 Å². The standard InChI is InChI=1S/C45H40BFN2O6/c47-39-25-29(16-22-40(39)50)24-31(30-10-4-1-5-11-30)17-23-41-42-32(28-54-36-14-8-3-9-15-36)26-37-43(38(42)27-46(53)55-41)45(52)49(44(37)51)35-20-18-34(19-21-35)48-33-12-6-2-7-13-33/h1-16,18-22,24-25,37-38,41,43,48,50,53H,17,23,26-28H2/b31-24-/t37-,38+,41-,43-/m1/s1. The molecule has 3 N–H and O–H groups in total. The van der Waals surface area contributed by atoms with Crippen LogP contribution < -0.4 is 15.0 Å². The van der Waals surface area contributed by atoms with Gasteiger partial charge in [0.15, 0.2) is 11.6 Å². The van der Waals surface area contributed by atoms with E-state index in [0.29, 0.717) is 36.3 Å². The number of nitrogens with zero attached hydrogens (tertiary/aromatic N) is 1. The van der Waals surface area contributed by atoms with Crippen LogP contribution in [0.25, 0.3) is 11.6 Å². The van der Waals surface area contributed by atoms with Gasteiger partial charge in [0.25, 0.3) is 0 Å². The molecule has 2 aliphatic heterocycles. The van der Waals surface area contributed by atoms with Crippen molar-refractivity contribution >= 4 is 47.6 Å². The third kappa shape index (κ3) is 7.69. The zero-order chi connectivity index (χ0) is 37.9. The maximum Gasteiger partial charge on any atom is 0.455 e. The first-order valence-electron chi connectivity index (χ1n) is 18.6. The van der Waals surface area contributed by atoms with Crippen LogP contribution in [0.3, 0.4) is 0 Å². The second kappa shape index (κ2) is 15.8. The molecular weight excluding hydrogens is 694 g/mol. The summed E-state index contributed by atoms with van der Waals surface area (Å²) in [6.07, 6.45) is 2.73. The van der Waals surface area contributed by atoms with Crippen molar-refractivity contribution in [3.05, 3.63) is 162 Å². The van der Waals surface area contributed by atoms with E-state index in [9.17, 15) is 24.1 Å². The van der Waals surface area contributed by atoms with Gasteiger partial charge in [0.2, 0.25) is 11.8 Å². The van der Waals surface area contributed by atoms with Crippen molar-refractivity contribution in [2.24, 2.45) is 17.8 Å². The molecule has 55 heavy (non-hydrogen) atoms. The van der Waals surface area contributed by atoms with Crippen LogP contribution in [0.15, 0.2) is 145 Å². The molecule has 0 spiro atoms. The van der Waals surface area contributed by atoms with E-state index in [0.717, 1.165) is 33.7 Å². The van der Waals surface area contributed by atoms with Gasteiger partial charge >= 0.3 is 7.12 Å². The molecule has 8 rings (SSSR count). The summed E-state index contributed by atoms with van der Waals surface area (Å²) in [5.41, 5.74) is 6.47. The maximum absolute atomic E-state index is 14.4. The van der Waals surface area contributed by atoms with Gasteiger partial charge in [0, 0.05) is 11.4 Å². The Hall–Kier alpha value is -5.97. The van der Waals surface area contributed by atoms with E-state index < -0.39 is 42.5 Å². The largest absolute Gasteiger partial charge is 0.505 e. The Balaban J connectivity index is 1.10. The number of para-hydroxylation sites is 2. The molecule has 10 heteroatoms. The molecule has 5 aromatic carbocycles. The predicted octanol–water partition coefficient (Wildman–Crippen LogP) is 8.68. The zero-order valence-corrected chi connectivity index (χ0v) is 30.1. The lowest BCUT2D eigenvalue weighted by Gasteiger charge is -2.43. The summed E-state index contributed by atoms with van der Waals surface area (Å²) < 4.78 is 27.0. The number of anilines is 3. The molecule has 3 aliphatic rings. The Morgan fingerprint density at radius 2 is 1.53 bits per heavy atom. The number of amides is 2. The van der Waals surface area contributed by atoms with Crippen LogP contribution in [0.2, 0.25) is 6.32 Å². The third-order valence-electron chi connectivity index (χ3n) is 10.8. The summed E-state index contributed by atoms with van der Waals surface area (Å²) in [6.45, 7) is 0.199. The number of phenols is 1. The average Bonchev–Trinajstić information content (AvgIpc) is 3.46. The first-order valence-corrected chi connectivity index (χ1v) is 18.6. The number of carbonyl (C=O) groups excluding carboxylic acids is 2. The molecule has 0 unspecified atom stereocenters. The number of fused-ring (bicyclic) bond motifs is 3. The molecule has 2 amide bonds. The van der Waals surface area contributed by atoms with Crippen molar-refractivity contribution in [2.75, 3.05) is 16.8 Å². The third-order valence-corrected chi connectivity index (χ3v) is 10.8. The first kappa shape index (κ1) is 36.0. The van der Waals surface area contributed by atoms with Crippen LogP contribution in [0.5, 0.6) is 11.5 Å². The second-order valence-corrected chi connectivity index (χ2v) is 14.3. The predicted molar refractivity (Wildman–Crippen MR) is 212 cm³/mol. The van der Waals surface area contributed by atoms with Crippen molar-refractivity contribution in [2.45, 2.75) is 31.7 Å². The van der Waals surface area contributed by atoms with Crippen LogP contribution in [0.1, 0.15) is 30.4 Å². The number of carbonyl (C=O) groups is 2. The second-order valence-electron chi connectivity index (χ2n) is 14.3. The molecule has 4 atom stereocenters. The summed E-state index contributed by atoms with van der Waals surface area (Å²) in [5.74, 6) is -2.73. The number of halogens is 1. The number of nitrogens with one attached hydrogen (secondary N) is 1. The van der Waals surface area contributed by atoms with E-state index >= 15 is 0 Å². The van der Waals surface area contributed by atoms with Crippen LogP contribution in [-0.2, 0) is 14.2 Å². The number of rotatable bonds is 11. The Kier molecular flexibility index (Phi) is 10.3. The van der Waals surface area contributed by atoms with Crippen LogP contribution in [0.4, 0.5) is 21.5 Å². The van der Waals surface area contributed by atoms with Crippen molar-refractivity contribution < 1.29 is 33.5 Å². The molecule has 2 heterocycles. The number of allylic oxidation sites excluding steroid dienone is 1. The molecule has 0 aromatic heterocycles. The van der Waals surface area contributed by atoms with Gasteiger partial charge in [0.1, 0.15) is 12.4 Å². The molecular formula is C45H40BFN2O6. The van der Waals surface area contributed by atoms with Gasteiger partial charge in [0.05, 0.1) is 23.6 Å². The topological polar surface area (TPSA) is 108 Å². The van der Waals surface area contributed by atoms with Crippen LogP contribution in [-0.4, -0.2) is 41.8 Å². The van der Waals surface area contributed by atoms with Crippen molar-refractivity contribution in [1.82, 2.24) is 0 Å². The lowest BCUT2D eigenvalue weighted by atomic mass is 9.58. The average molecular weight is 735 g/mol. The van der Waals surface area contributed by atoms with E-state index in [1.54, 1.807) is 18.2 Å². The fourth-order valence-electron chi connectivity index (χ4n) is 8.27. The highest BCUT2D eigenvalue weighted by molar-refractivity contribution is 6.43. The molecule has 1 aliphatic carbocycles. The minimum atomic E-state index is -1.15. The number of phenolic OH excluding ortho intramolecular Hbond substituents is 1. The highest BCUT2D eigenvalue weighted by Crippen LogP contribution is 2.51.